The highest BCUT2D eigenvalue weighted by atomic mass is 32.2. The largest absolute Gasteiger partial charge is 0.416 e. The molecule has 0 radical (unpaired) electrons. The van der Waals surface area contributed by atoms with E-state index in [1.165, 1.54) is 18.7 Å². The Balaban J connectivity index is 1.26. The Morgan fingerprint density at radius 1 is 1.03 bits per heavy atom. The molecule has 0 bridgehead atoms. The molecule has 0 fully saturated rings. The highest BCUT2D eigenvalue weighted by Gasteiger charge is 2.12. The fourth-order valence-corrected chi connectivity index (χ4v) is 4.39. The first kappa shape index (κ1) is 21.0. The molecule has 31 heavy (non-hydrogen) atoms. The van der Waals surface area contributed by atoms with Gasteiger partial charge in [0.1, 0.15) is 0 Å². The summed E-state index contributed by atoms with van der Waals surface area (Å²) in [4.78, 5) is 28.0. The Morgan fingerprint density at radius 3 is 2.65 bits per heavy atom. The predicted molar refractivity (Wildman–Crippen MR) is 121 cm³/mol. The predicted octanol–water partition coefficient (Wildman–Crippen LogP) is 4.15. The number of nitrogens with one attached hydrogen (secondary N) is 2. The monoisotopic (exact) mass is 453 g/mol. The lowest BCUT2D eigenvalue weighted by atomic mass is 10.2. The number of benzene rings is 2. The van der Waals surface area contributed by atoms with E-state index in [-0.39, 0.29) is 17.6 Å². The van der Waals surface area contributed by atoms with Crippen molar-refractivity contribution in [2.45, 2.75) is 25.0 Å². The van der Waals surface area contributed by atoms with Crippen LogP contribution in [-0.4, -0.2) is 32.7 Å². The summed E-state index contributed by atoms with van der Waals surface area (Å²) >= 11 is 2.83. The minimum atomic E-state index is -0.209. The molecule has 10 heteroatoms. The molecule has 0 aliphatic carbocycles. The molecular formula is C21H19N5O3S2. The average Bonchev–Trinajstić information content (AvgIpc) is 3.37. The number of hydrogen-bond acceptors (Lipinski definition) is 8. The van der Waals surface area contributed by atoms with Crippen LogP contribution in [0.2, 0.25) is 0 Å². The maximum Gasteiger partial charge on any atom is 0.277 e. The van der Waals surface area contributed by atoms with Crippen LogP contribution >= 0.6 is 23.1 Å². The van der Waals surface area contributed by atoms with Crippen LogP contribution in [0.3, 0.4) is 0 Å². The summed E-state index contributed by atoms with van der Waals surface area (Å²) in [5, 5.41) is 14.9. The first-order valence-electron chi connectivity index (χ1n) is 9.52. The first-order chi connectivity index (χ1) is 15.0. The van der Waals surface area contributed by atoms with Crippen molar-refractivity contribution in [2.24, 2.45) is 0 Å². The Kier molecular flexibility index (Phi) is 6.58. The summed E-state index contributed by atoms with van der Waals surface area (Å²) in [6.07, 6.45) is 1.31. The van der Waals surface area contributed by atoms with Crippen molar-refractivity contribution in [2.75, 3.05) is 16.4 Å². The van der Waals surface area contributed by atoms with Crippen LogP contribution in [0.4, 0.5) is 11.4 Å². The topological polar surface area (TPSA) is 110 Å². The van der Waals surface area contributed by atoms with Gasteiger partial charge < -0.3 is 15.1 Å². The van der Waals surface area contributed by atoms with Gasteiger partial charge >= 0.3 is 0 Å². The van der Waals surface area contributed by atoms with Crippen molar-refractivity contribution in [3.05, 3.63) is 59.4 Å². The van der Waals surface area contributed by atoms with Crippen LogP contribution in [-0.2, 0) is 22.4 Å². The van der Waals surface area contributed by atoms with Crippen molar-refractivity contribution in [3.8, 4) is 0 Å². The molecule has 2 aromatic carbocycles. The second-order valence-corrected chi connectivity index (χ2v) is 8.68. The summed E-state index contributed by atoms with van der Waals surface area (Å²) < 4.78 is 6.79. The number of fused-ring (bicyclic) bond motifs is 1. The van der Waals surface area contributed by atoms with E-state index in [1.807, 2.05) is 18.2 Å². The fraction of sp³-hybridized carbons (Fsp3) is 0.190. The Bertz CT molecular complexity index is 1190. The van der Waals surface area contributed by atoms with Gasteiger partial charge in [0.25, 0.3) is 5.22 Å². The summed E-state index contributed by atoms with van der Waals surface area (Å²) in [6.45, 7) is 1.43. The number of para-hydroxylation sites is 1. The van der Waals surface area contributed by atoms with Gasteiger partial charge in [0.15, 0.2) is 0 Å². The molecule has 2 N–H and O–H groups in total. The second-order valence-electron chi connectivity index (χ2n) is 6.64. The van der Waals surface area contributed by atoms with Crippen LogP contribution in [0.5, 0.6) is 0 Å². The lowest BCUT2D eigenvalue weighted by Gasteiger charge is -2.07. The number of thioether (sulfide) groups is 1. The molecule has 0 saturated heterocycles. The third-order valence-corrected chi connectivity index (χ3v) is 6.05. The number of hydrogen-bond donors (Lipinski definition) is 2. The Labute approximate surface area is 186 Å². The maximum atomic E-state index is 12.2. The summed E-state index contributed by atoms with van der Waals surface area (Å²) in [5.74, 6) is 0.267. The van der Waals surface area contributed by atoms with Crippen LogP contribution in [0.1, 0.15) is 17.8 Å². The number of thiazole rings is 1. The number of amides is 2. The van der Waals surface area contributed by atoms with Gasteiger partial charge in [-0.1, -0.05) is 30.0 Å². The molecule has 0 atom stereocenters. The van der Waals surface area contributed by atoms with E-state index in [0.717, 1.165) is 21.6 Å². The molecule has 8 nitrogen and oxygen atoms in total. The minimum Gasteiger partial charge on any atom is -0.416 e. The molecule has 0 aliphatic heterocycles. The van der Waals surface area contributed by atoms with Crippen LogP contribution < -0.4 is 10.6 Å². The van der Waals surface area contributed by atoms with Crippen molar-refractivity contribution in [3.63, 3.8) is 0 Å². The zero-order valence-corrected chi connectivity index (χ0v) is 18.3. The zero-order valence-electron chi connectivity index (χ0n) is 16.6. The van der Waals surface area contributed by atoms with Gasteiger partial charge in [0.2, 0.25) is 17.7 Å². The molecule has 0 aliphatic rings. The fourth-order valence-electron chi connectivity index (χ4n) is 2.84. The van der Waals surface area contributed by atoms with E-state index in [0.29, 0.717) is 28.9 Å². The zero-order chi connectivity index (χ0) is 21.6. The average molecular weight is 454 g/mol. The molecule has 4 aromatic rings. The van der Waals surface area contributed by atoms with Gasteiger partial charge in [0.05, 0.1) is 21.0 Å². The van der Waals surface area contributed by atoms with Gasteiger partial charge in [-0.3, -0.25) is 9.59 Å². The molecule has 158 valence electrons. The van der Waals surface area contributed by atoms with Gasteiger partial charge in [-0.25, -0.2) is 4.98 Å². The van der Waals surface area contributed by atoms with Crippen molar-refractivity contribution in [1.29, 1.82) is 0 Å². The van der Waals surface area contributed by atoms with Crippen LogP contribution in [0, 0.1) is 0 Å². The molecule has 2 heterocycles. The van der Waals surface area contributed by atoms with E-state index in [2.05, 4.69) is 31.9 Å². The summed E-state index contributed by atoms with van der Waals surface area (Å²) in [7, 11) is 0. The van der Waals surface area contributed by atoms with Crippen molar-refractivity contribution < 1.29 is 14.0 Å². The highest BCUT2D eigenvalue weighted by Crippen LogP contribution is 2.23. The molecule has 0 saturated carbocycles. The number of carbonyl (C=O) groups excluding carboxylic acids is 2. The smallest absolute Gasteiger partial charge is 0.277 e. The maximum absolute atomic E-state index is 12.2. The molecule has 2 aromatic heterocycles. The van der Waals surface area contributed by atoms with Gasteiger partial charge in [-0.15, -0.1) is 21.5 Å². The van der Waals surface area contributed by atoms with Gasteiger partial charge in [-0.2, -0.15) is 0 Å². The number of anilines is 2. The van der Waals surface area contributed by atoms with Gasteiger partial charge in [-0.05, 0) is 30.3 Å². The third-order valence-electron chi connectivity index (χ3n) is 4.13. The molecule has 0 spiro atoms. The normalized spacial score (nSPS) is 10.9. The molecule has 4 rings (SSSR count). The van der Waals surface area contributed by atoms with Crippen molar-refractivity contribution in [1.82, 2.24) is 15.2 Å². The highest BCUT2D eigenvalue weighted by molar-refractivity contribution is 7.99. The van der Waals surface area contributed by atoms with E-state index >= 15 is 0 Å². The molecule has 0 unspecified atom stereocenters. The Hall–Kier alpha value is -3.24. The molecule has 2 amide bonds. The number of aryl methyl sites for hydroxylation is 2. The second kappa shape index (κ2) is 9.71. The SMILES string of the molecule is CC(=O)Nc1cccc(NC(=O)CSc2nnc(CCc3nc4ccccc4s3)o2)c1. The van der Waals surface area contributed by atoms with Crippen LogP contribution in [0.15, 0.2) is 58.2 Å². The molecular weight excluding hydrogens is 434 g/mol. The number of aromatic nitrogens is 3. The number of carbonyl (C=O) groups is 2. The quantitative estimate of drug-likeness (QED) is 0.386. The third kappa shape index (κ3) is 5.89. The standard InChI is InChI=1S/C21H19N5O3S2/c1-13(27)22-14-5-4-6-15(11-14)23-18(28)12-30-21-26-25-19(29-21)9-10-20-24-16-7-2-3-8-17(16)31-20/h2-8,11H,9-10,12H2,1H3,(H,22,27)(H,23,28). The number of nitrogens with zero attached hydrogens (tertiary/aromatic N) is 3. The summed E-state index contributed by atoms with van der Waals surface area (Å²) in [5.41, 5.74) is 2.21. The van der Waals surface area contributed by atoms with Crippen molar-refractivity contribution >= 4 is 56.5 Å². The van der Waals surface area contributed by atoms with Gasteiger partial charge in [0, 0.05) is 31.1 Å². The van der Waals surface area contributed by atoms with E-state index in [9.17, 15) is 9.59 Å². The summed E-state index contributed by atoms with van der Waals surface area (Å²) in [6, 6.07) is 15.0. The Morgan fingerprint density at radius 2 is 1.84 bits per heavy atom. The van der Waals surface area contributed by atoms with E-state index < -0.39 is 0 Å². The minimum absolute atomic E-state index is 0.129. The van der Waals surface area contributed by atoms with E-state index in [1.54, 1.807) is 35.6 Å². The van der Waals surface area contributed by atoms with E-state index in [4.69, 9.17) is 4.42 Å². The lowest BCUT2D eigenvalue weighted by Crippen LogP contribution is -2.14. The first-order valence-corrected chi connectivity index (χ1v) is 11.3. The van der Waals surface area contributed by atoms with Crippen LogP contribution in [0.25, 0.3) is 10.2 Å². The lowest BCUT2D eigenvalue weighted by molar-refractivity contribution is -0.114. The number of rotatable bonds is 8.